The van der Waals surface area contributed by atoms with Gasteiger partial charge in [0, 0.05) is 11.5 Å². The number of unbranched alkanes of at least 4 members (excludes halogenated alkanes) is 11. The minimum atomic E-state index is -0.216. The molecule has 0 unspecified atom stereocenters. The third kappa shape index (κ3) is 7.47. The van der Waals surface area contributed by atoms with Gasteiger partial charge in [-0.1, -0.05) is 102 Å². The summed E-state index contributed by atoms with van der Waals surface area (Å²) in [5.41, 5.74) is 2.06. The summed E-state index contributed by atoms with van der Waals surface area (Å²) in [5, 5.41) is 0. The molecule has 0 aromatic heterocycles. The number of ether oxygens (including phenoxy) is 1. The maximum Gasteiger partial charge on any atom is 0.310 e. The first-order chi connectivity index (χ1) is 15.2. The van der Waals surface area contributed by atoms with E-state index in [1.807, 2.05) is 12.1 Å². The van der Waals surface area contributed by atoms with Gasteiger partial charge in [-0.25, -0.2) is 0 Å². The van der Waals surface area contributed by atoms with E-state index in [4.69, 9.17) is 4.74 Å². The van der Waals surface area contributed by atoms with Gasteiger partial charge in [-0.2, -0.15) is 0 Å². The molecule has 0 N–H and O–H groups in total. The molecule has 3 atom stereocenters. The molecule has 0 spiro atoms. The molecule has 2 aliphatic rings. The predicted octanol–water partition coefficient (Wildman–Crippen LogP) is 7.45. The fourth-order valence-corrected chi connectivity index (χ4v) is 5.28. The van der Waals surface area contributed by atoms with Crippen LogP contribution in [-0.4, -0.2) is 17.9 Å². The number of carbonyl (C=O) groups excluding carboxylic acids is 2. The van der Waals surface area contributed by atoms with Crippen molar-refractivity contribution in [2.24, 2.45) is 11.8 Å². The number of fused-ring (bicyclic) bond motifs is 2. The Hall–Kier alpha value is -1.64. The highest BCUT2D eigenvalue weighted by molar-refractivity contribution is 6.00. The Kier molecular flexibility index (Phi) is 10.1. The van der Waals surface area contributed by atoms with Gasteiger partial charge >= 0.3 is 5.97 Å². The summed E-state index contributed by atoms with van der Waals surface area (Å²) >= 11 is 0. The van der Waals surface area contributed by atoms with E-state index in [0.717, 1.165) is 31.2 Å². The smallest absolute Gasteiger partial charge is 0.310 e. The summed E-state index contributed by atoms with van der Waals surface area (Å²) in [5.74, 6) is -0.441. The molecular formula is C28H42O3. The van der Waals surface area contributed by atoms with Crippen molar-refractivity contribution in [3.8, 4) is 0 Å². The van der Waals surface area contributed by atoms with Crippen LogP contribution in [0.15, 0.2) is 24.3 Å². The number of aryl methyl sites for hydroxylation is 1. The lowest BCUT2D eigenvalue weighted by molar-refractivity contribution is -0.143. The second-order valence-electron chi connectivity index (χ2n) is 9.79. The van der Waals surface area contributed by atoms with Crippen LogP contribution < -0.4 is 0 Å². The molecule has 3 rings (SSSR count). The number of hydrogen-bond acceptors (Lipinski definition) is 3. The van der Waals surface area contributed by atoms with Gasteiger partial charge in [0.2, 0.25) is 0 Å². The van der Waals surface area contributed by atoms with Crippen LogP contribution in [0.2, 0.25) is 0 Å². The molecular weight excluding hydrogens is 384 g/mol. The Morgan fingerprint density at radius 3 is 2.03 bits per heavy atom. The molecule has 1 heterocycles. The molecule has 3 heteroatoms. The normalized spacial score (nSPS) is 22.5. The van der Waals surface area contributed by atoms with Crippen LogP contribution in [-0.2, 0) is 16.0 Å². The van der Waals surface area contributed by atoms with Crippen molar-refractivity contribution < 1.29 is 14.3 Å². The zero-order valence-corrected chi connectivity index (χ0v) is 19.6. The number of benzene rings is 1. The molecule has 1 saturated heterocycles. The number of ketones is 1. The van der Waals surface area contributed by atoms with E-state index in [0.29, 0.717) is 0 Å². The molecule has 172 valence electrons. The zero-order chi connectivity index (χ0) is 21.9. The Bertz CT molecular complexity index is 678. The second-order valence-corrected chi connectivity index (χ2v) is 9.79. The Labute approximate surface area is 189 Å². The van der Waals surface area contributed by atoms with Gasteiger partial charge in [-0.15, -0.1) is 0 Å². The SMILES string of the molecule is CCCCCCCCCCCCCCc1ccc(C(=O)[C@@H]2CC[C@@H]3C[C@H]2C(=O)O3)cc1. The highest BCUT2D eigenvalue weighted by atomic mass is 16.6. The number of Topliss-reactive ketones (excluding diaryl/α,β-unsaturated/α-hetero) is 1. The van der Waals surface area contributed by atoms with Crippen molar-refractivity contribution in [1.82, 2.24) is 0 Å². The maximum absolute atomic E-state index is 12.9. The Balaban J connectivity index is 1.26. The van der Waals surface area contributed by atoms with Gasteiger partial charge in [0.1, 0.15) is 6.10 Å². The van der Waals surface area contributed by atoms with Crippen molar-refractivity contribution in [2.45, 2.75) is 116 Å². The van der Waals surface area contributed by atoms with Gasteiger partial charge < -0.3 is 4.74 Å². The van der Waals surface area contributed by atoms with Gasteiger partial charge in [0.05, 0.1) is 5.92 Å². The fraction of sp³-hybridized carbons (Fsp3) is 0.714. The summed E-state index contributed by atoms with van der Waals surface area (Å²) in [6.07, 6.45) is 19.9. The summed E-state index contributed by atoms with van der Waals surface area (Å²) in [6, 6.07) is 8.13. The fourth-order valence-electron chi connectivity index (χ4n) is 5.28. The number of hydrogen-bond donors (Lipinski definition) is 0. The van der Waals surface area contributed by atoms with E-state index in [9.17, 15) is 9.59 Å². The molecule has 3 nitrogen and oxygen atoms in total. The number of esters is 1. The van der Waals surface area contributed by atoms with Crippen LogP contribution in [0, 0.1) is 11.8 Å². The van der Waals surface area contributed by atoms with E-state index in [-0.39, 0.29) is 29.7 Å². The Morgan fingerprint density at radius 2 is 1.42 bits per heavy atom. The highest BCUT2D eigenvalue weighted by Gasteiger charge is 2.46. The summed E-state index contributed by atoms with van der Waals surface area (Å²) in [6.45, 7) is 2.27. The van der Waals surface area contributed by atoms with E-state index >= 15 is 0 Å². The molecule has 2 bridgehead atoms. The van der Waals surface area contributed by atoms with Crippen molar-refractivity contribution in [1.29, 1.82) is 0 Å². The first-order valence-corrected chi connectivity index (χ1v) is 13.0. The van der Waals surface area contributed by atoms with Crippen LogP contribution >= 0.6 is 0 Å². The van der Waals surface area contributed by atoms with Crippen LogP contribution in [0.5, 0.6) is 0 Å². The lowest BCUT2D eigenvalue weighted by Gasteiger charge is -2.23. The molecule has 0 amide bonds. The number of rotatable bonds is 15. The third-order valence-corrected chi connectivity index (χ3v) is 7.28. The van der Waals surface area contributed by atoms with Crippen molar-refractivity contribution in [3.05, 3.63) is 35.4 Å². The van der Waals surface area contributed by atoms with Crippen molar-refractivity contribution in [3.63, 3.8) is 0 Å². The maximum atomic E-state index is 12.9. The molecule has 2 fully saturated rings. The quantitative estimate of drug-likeness (QED) is 0.166. The Morgan fingerprint density at radius 1 is 0.839 bits per heavy atom. The molecule has 31 heavy (non-hydrogen) atoms. The lowest BCUT2D eigenvalue weighted by Crippen LogP contribution is -2.29. The van der Waals surface area contributed by atoms with Gasteiger partial charge in [-0.3, -0.25) is 9.59 Å². The molecule has 1 saturated carbocycles. The van der Waals surface area contributed by atoms with Gasteiger partial charge in [0.15, 0.2) is 5.78 Å². The average molecular weight is 427 g/mol. The average Bonchev–Trinajstić information content (AvgIpc) is 3.08. The monoisotopic (exact) mass is 426 g/mol. The van der Waals surface area contributed by atoms with Crippen molar-refractivity contribution >= 4 is 11.8 Å². The van der Waals surface area contributed by atoms with Crippen LogP contribution in [0.1, 0.15) is 119 Å². The molecule has 1 aromatic carbocycles. The summed E-state index contributed by atoms with van der Waals surface area (Å²) in [4.78, 5) is 24.9. The molecule has 1 aliphatic carbocycles. The largest absolute Gasteiger partial charge is 0.462 e. The molecule has 1 aliphatic heterocycles. The highest BCUT2D eigenvalue weighted by Crippen LogP contribution is 2.40. The number of carbonyl (C=O) groups is 2. The standard InChI is InChI=1S/C28H42O3/c1-2-3-4-5-6-7-8-9-10-11-12-13-14-22-15-17-23(18-16-22)27(29)25-20-19-24-21-26(25)28(30)31-24/h15-18,24-26H,2-14,19-21H2,1H3/t24-,25-,26-/m1/s1. The van der Waals surface area contributed by atoms with E-state index < -0.39 is 0 Å². The van der Waals surface area contributed by atoms with Gasteiger partial charge in [-0.05, 0) is 37.7 Å². The lowest BCUT2D eigenvalue weighted by atomic mass is 9.76. The second kappa shape index (κ2) is 13.0. The van der Waals surface area contributed by atoms with Crippen LogP contribution in [0.25, 0.3) is 0 Å². The van der Waals surface area contributed by atoms with Gasteiger partial charge in [0.25, 0.3) is 0 Å². The zero-order valence-electron chi connectivity index (χ0n) is 19.6. The first kappa shape index (κ1) is 24.0. The van der Waals surface area contributed by atoms with E-state index in [2.05, 4.69) is 19.1 Å². The predicted molar refractivity (Wildman–Crippen MR) is 126 cm³/mol. The van der Waals surface area contributed by atoms with E-state index in [1.165, 1.54) is 82.6 Å². The summed E-state index contributed by atoms with van der Waals surface area (Å²) in [7, 11) is 0. The first-order valence-electron chi connectivity index (χ1n) is 13.0. The molecule has 0 radical (unpaired) electrons. The minimum Gasteiger partial charge on any atom is -0.462 e. The topological polar surface area (TPSA) is 43.4 Å². The van der Waals surface area contributed by atoms with E-state index in [1.54, 1.807) is 0 Å². The van der Waals surface area contributed by atoms with Crippen LogP contribution in [0.3, 0.4) is 0 Å². The van der Waals surface area contributed by atoms with Crippen LogP contribution in [0.4, 0.5) is 0 Å². The molecule has 1 aromatic rings. The minimum absolute atomic E-state index is 0.0551. The summed E-state index contributed by atoms with van der Waals surface area (Å²) < 4.78 is 5.34. The third-order valence-electron chi connectivity index (χ3n) is 7.28. The van der Waals surface area contributed by atoms with Crippen molar-refractivity contribution in [2.75, 3.05) is 0 Å².